The minimum Gasteiger partial charge on any atom is -0.314 e. The van der Waals surface area contributed by atoms with Crippen LogP contribution in [0.25, 0.3) is 0 Å². The van der Waals surface area contributed by atoms with E-state index in [0.29, 0.717) is 17.0 Å². The number of benzene rings is 1. The van der Waals surface area contributed by atoms with E-state index in [2.05, 4.69) is 16.3 Å². The summed E-state index contributed by atoms with van der Waals surface area (Å²) in [5.41, 5.74) is 0.558. The Kier molecular flexibility index (Phi) is 4.54. The smallest absolute Gasteiger partial charge is 0.129 e. The number of halogens is 2. The molecule has 1 aliphatic heterocycles. The molecule has 2 rings (SSSR count). The highest BCUT2D eigenvalue weighted by Crippen LogP contribution is 2.28. The summed E-state index contributed by atoms with van der Waals surface area (Å²) < 4.78 is 13.9. The van der Waals surface area contributed by atoms with Gasteiger partial charge in [-0.1, -0.05) is 17.7 Å². The van der Waals surface area contributed by atoms with Crippen molar-refractivity contribution in [1.82, 2.24) is 10.2 Å². The predicted molar refractivity (Wildman–Crippen MR) is 68.8 cm³/mol. The Hall–Kier alpha value is -1.15. The second-order valence-electron chi connectivity index (χ2n) is 4.33. The number of hydrogen-bond donors (Lipinski definition) is 1. The average Bonchev–Trinajstić information content (AvgIpc) is 2.38. The molecule has 1 aromatic rings. The van der Waals surface area contributed by atoms with Gasteiger partial charge in [0.25, 0.3) is 0 Å². The minimum atomic E-state index is -0.332. The van der Waals surface area contributed by atoms with Crippen LogP contribution in [-0.2, 0) is 0 Å². The van der Waals surface area contributed by atoms with Crippen molar-refractivity contribution >= 4 is 11.6 Å². The van der Waals surface area contributed by atoms with Crippen molar-refractivity contribution in [3.8, 4) is 6.07 Å². The molecule has 0 amide bonds. The highest BCUT2D eigenvalue weighted by Gasteiger charge is 2.24. The number of hydrogen-bond acceptors (Lipinski definition) is 3. The molecule has 1 aliphatic rings. The topological polar surface area (TPSA) is 39.1 Å². The molecule has 0 bridgehead atoms. The lowest BCUT2D eigenvalue weighted by Crippen LogP contribution is -2.45. The van der Waals surface area contributed by atoms with Crippen LogP contribution in [0.1, 0.15) is 18.0 Å². The second-order valence-corrected chi connectivity index (χ2v) is 4.77. The number of rotatable bonds is 3. The first-order chi connectivity index (χ1) is 8.72. The summed E-state index contributed by atoms with van der Waals surface area (Å²) in [6.45, 7) is 3.40. The monoisotopic (exact) mass is 267 g/mol. The van der Waals surface area contributed by atoms with E-state index in [-0.39, 0.29) is 11.9 Å². The lowest BCUT2D eigenvalue weighted by atomic mass is 10.0. The Bertz CT molecular complexity index is 452. The first-order valence-electron chi connectivity index (χ1n) is 5.99. The standard InChI is InChI=1S/C13H15ClFN3/c14-10-1-2-11(12(15)9-10)13(3-4-16)18-7-5-17-6-8-18/h1-2,9,13,17H,3,5-8H2/t13-/m1/s1. The molecule has 1 heterocycles. The normalized spacial score (nSPS) is 18.3. The Labute approximate surface area is 111 Å². The van der Waals surface area contributed by atoms with Gasteiger partial charge in [-0.25, -0.2) is 4.39 Å². The summed E-state index contributed by atoms with van der Waals surface area (Å²) in [7, 11) is 0. The zero-order valence-corrected chi connectivity index (χ0v) is 10.8. The van der Waals surface area contributed by atoms with Crippen LogP contribution in [0.3, 0.4) is 0 Å². The molecule has 0 saturated carbocycles. The summed E-state index contributed by atoms with van der Waals surface area (Å²) in [4.78, 5) is 2.14. The molecule has 1 aromatic carbocycles. The van der Waals surface area contributed by atoms with Crippen LogP contribution < -0.4 is 5.32 Å². The van der Waals surface area contributed by atoms with Crippen molar-refractivity contribution in [1.29, 1.82) is 5.26 Å². The van der Waals surface area contributed by atoms with E-state index in [0.717, 1.165) is 26.2 Å². The van der Waals surface area contributed by atoms with Crippen molar-refractivity contribution in [2.75, 3.05) is 26.2 Å². The molecule has 0 unspecified atom stereocenters. The summed E-state index contributed by atoms with van der Waals surface area (Å²) in [5, 5.41) is 12.6. The largest absolute Gasteiger partial charge is 0.314 e. The minimum absolute atomic E-state index is 0.186. The lowest BCUT2D eigenvalue weighted by Gasteiger charge is -2.34. The molecule has 3 nitrogen and oxygen atoms in total. The van der Waals surface area contributed by atoms with Crippen molar-refractivity contribution in [2.45, 2.75) is 12.5 Å². The maximum absolute atomic E-state index is 13.9. The van der Waals surface area contributed by atoms with E-state index in [4.69, 9.17) is 16.9 Å². The van der Waals surface area contributed by atoms with E-state index < -0.39 is 0 Å². The molecule has 1 fully saturated rings. The van der Waals surface area contributed by atoms with Gasteiger partial charge in [0, 0.05) is 36.8 Å². The zero-order chi connectivity index (χ0) is 13.0. The van der Waals surface area contributed by atoms with Crippen molar-refractivity contribution in [3.05, 3.63) is 34.6 Å². The van der Waals surface area contributed by atoms with Crippen LogP contribution in [0.5, 0.6) is 0 Å². The zero-order valence-electron chi connectivity index (χ0n) is 10.00. The fraction of sp³-hybridized carbons (Fsp3) is 0.462. The van der Waals surface area contributed by atoms with E-state index in [1.165, 1.54) is 6.07 Å². The molecular weight excluding hydrogens is 253 g/mol. The fourth-order valence-electron chi connectivity index (χ4n) is 2.29. The Morgan fingerprint density at radius 2 is 2.17 bits per heavy atom. The third kappa shape index (κ3) is 2.99. The highest BCUT2D eigenvalue weighted by molar-refractivity contribution is 6.30. The summed E-state index contributed by atoms with van der Waals surface area (Å²) in [6, 6.07) is 6.62. The molecule has 0 spiro atoms. The second kappa shape index (κ2) is 6.14. The lowest BCUT2D eigenvalue weighted by molar-refractivity contribution is 0.172. The molecule has 18 heavy (non-hydrogen) atoms. The Balaban J connectivity index is 2.25. The van der Waals surface area contributed by atoms with Crippen LogP contribution >= 0.6 is 11.6 Å². The van der Waals surface area contributed by atoms with Crippen LogP contribution in [-0.4, -0.2) is 31.1 Å². The van der Waals surface area contributed by atoms with Gasteiger partial charge in [-0.2, -0.15) is 5.26 Å². The van der Waals surface area contributed by atoms with Gasteiger partial charge in [-0.05, 0) is 12.1 Å². The van der Waals surface area contributed by atoms with Gasteiger partial charge in [0.2, 0.25) is 0 Å². The number of nitrogens with zero attached hydrogens (tertiary/aromatic N) is 2. The number of piperazine rings is 1. The maximum atomic E-state index is 13.9. The third-order valence-electron chi connectivity index (χ3n) is 3.20. The van der Waals surface area contributed by atoms with Gasteiger partial charge < -0.3 is 5.32 Å². The highest BCUT2D eigenvalue weighted by atomic mass is 35.5. The van der Waals surface area contributed by atoms with Crippen molar-refractivity contribution in [2.24, 2.45) is 0 Å². The van der Waals surface area contributed by atoms with Crippen molar-refractivity contribution < 1.29 is 4.39 Å². The first kappa shape index (κ1) is 13.3. The van der Waals surface area contributed by atoms with Crippen LogP contribution in [0.15, 0.2) is 18.2 Å². The SMILES string of the molecule is N#CC[C@H](c1ccc(Cl)cc1F)N1CCNCC1. The van der Waals surface area contributed by atoms with Gasteiger partial charge >= 0.3 is 0 Å². The molecule has 0 aromatic heterocycles. The molecule has 1 N–H and O–H groups in total. The fourth-order valence-corrected chi connectivity index (χ4v) is 2.45. The predicted octanol–water partition coefficient (Wildman–Crippen LogP) is 2.34. The first-order valence-corrected chi connectivity index (χ1v) is 6.37. The van der Waals surface area contributed by atoms with Crippen LogP contribution in [0, 0.1) is 17.1 Å². The van der Waals surface area contributed by atoms with Crippen LogP contribution in [0.2, 0.25) is 5.02 Å². The van der Waals surface area contributed by atoms with Crippen molar-refractivity contribution in [3.63, 3.8) is 0 Å². The molecule has 0 radical (unpaired) electrons. The Morgan fingerprint density at radius 1 is 1.44 bits per heavy atom. The molecule has 1 atom stereocenters. The van der Waals surface area contributed by atoms with Gasteiger partial charge in [0.05, 0.1) is 18.5 Å². The quantitative estimate of drug-likeness (QED) is 0.914. The van der Waals surface area contributed by atoms with Gasteiger partial charge in [0.1, 0.15) is 5.82 Å². The Morgan fingerprint density at radius 3 is 2.78 bits per heavy atom. The van der Waals surface area contributed by atoms with Crippen LogP contribution in [0.4, 0.5) is 4.39 Å². The summed E-state index contributed by atoms with van der Waals surface area (Å²) >= 11 is 5.76. The van der Waals surface area contributed by atoms with E-state index in [1.807, 2.05) is 0 Å². The van der Waals surface area contributed by atoms with E-state index in [1.54, 1.807) is 12.1 Å². The molecule has 0 aliphatic carbocycles. The third-order valence-corrected chi connectivity index (χ3v) is 3.43. The molecular formula is C13H15ClFN3. The van der Waals surface area contributed by atoms with Gasteiger partial charge in [-0.15, -0.1) is 0 Å². The molecule has 1 saturated heterocycles. The average molecular weight is 268 g/mol. The summed E-state index contributed by atoms with van der Waals surface area (Å²) in [5.74, 6) is -0.332. The number of nitrogens with one attached hydrogen (secondary N) is 1. The summed E-state index contributed by atoms with van der Waals surface area (Å²) in [6.07, 6.45) is 0.290. The molecule has 96 valence electrons. The van der Waals surface area contributed by atoms with Gasteiger partial charge in [-0.3, -0.25) is 4.90 Å². The van der Waals surface area contributed by atoms with E-state index >= 15 is 0 Å². The van der Waals surface area contributed by atoms with E-state index in [9.17, 15) is 4.39 Å². The maximum Gasteiger partial charge on any atom is 0.129 e. The van der Waals surface area contributed by atoms with Gasteiger partial charge in [0.15, 0.2) is 0 Å². The molecule has 5 heteroatoms. The number of nitriles is 1.